The van der Waals surface area contributed by atoms with E-state index in [1.807, 2.05) is 0 Å². The van der Waals surface area contributed by atoms with Crippen LogP contribution in [-0.2, 0) is 0 Å². The van der Waals surface area contributed by atoms with E-state index in [1.54, 1.807) is 13.2 Å². The lowest BCUT2D eigenvalue weighted by molar-refractivity contribution is -2.00. The molecule has 0 fully saturated rings. The summed E-state index contributed by atoms with van der Waals surface area (Å²) in [5.41, 5.74) is 0.784. The number of hydrogen-bond acceptors (Lipinski definition) is 7. The van der Waals surface area contributed by atoms with Gasteiger partial charge in [-0.3, -0.25) is 0 Å². The summed E-state index contributed by atoms with van der Waals surface area (Å²) >= 11 is 11.9. The number of nitrogens with zero attached hydrogens (tertiary/aromatic N) is 1. The quantitative estimate of drug-likeness (QED) is 0.490. The van der Waals surface area contributed by atoms with E-state index in [-0.39, 0.29) is 0 Å². The van der Waals surface area contributed by atoms with Crippen molar-refractivity contribution in [3.05, 3.63) is 16.1 Å². The minimum atomic E-state index is -4.94. The summed E-state index contributed by atoms with van der Waals surface area (Å²) in [5, 5.41) is 1.05. The van der Waals surface area contributed by atoms with Crippen LogP contribution in [0.5, 0.6) is 5.75 Å². The summed E-state index contributed by atoms with van der Waals surface area (Å²) in [6.07, 6.45) is 0. The van der Waals surface area contributed by atoms with Gasteiger partial charge >= 0.3 is 10.3 Å². The SMILES string of the molecule is COc1cc(Cl)c(Cl)c2[s+]snc12.[O-][Cl+3]([O-])([O-])[O-]. The van der Waals surface area contributed by atoms with Gasteiger partial charge < -0.3 is 4.74 Å². The Hall–Kier alpha value is -0.0300. The molecule has 0 spiro atoms. The van der Waals surface area contributed by atoms with Crippen LogP contribution in [0.15, 0.2) is 6.07 Å². The van der Waals surface area contributed by atoms with Gasteiger partial charge in [-0.25, -0.2) is 18.6 Å². The van der Waals surface area contributed by atoms with Crippen LogP contribution in [0.4, 0.5) is 0 Å². The number of halogens is 3. The molecular formula is C7H4Cl3NO5S2. The second-order valence-electron chi connectivity index (χ2n) is 2.68. The van der Waals surface area contributed by atoms with Crippen molar-refractivity contribution in [2.75, 3.05) is 7.11 Å². The summed E-state index contributed by atoms with van der Waals surface area (Å²) in [4.78, 5) is 0. The van der Waals surface area contributed by atoms with Gasteiger partial charge in [0, 0.05) is 6.07 Å². The van der Waals surface area contributed by atoms with Crippen molar-refractivity contribution in [2.45, 2.75) is 0 Å². The first-order chi connectivity index (χ1) is 8.24. The second-order valence-corrected chi connectivity index (χ2v) is 6.07. The molecule has 2 aromatic rings. The molecule has 100 valence electrons. The van der Waals surface area contributed by atoms with E-state index in [0.29, 0.717) is 15.8 Å². The Bertz CT molecular complexity index is 538. The molecule has 0 radical (unpaired) electrons. The van der Waals surface area contributed by atoms with Crippen LogP contribution in [0, 0.1) is 10.2 Å². The number of aromatic nitrogens is 1. The molecule has 0 aliphatic heterocycles. The van der Waals surface area contributed by atoms with Gasteiger partial charge in [-0.15, -0.1) is 14.6 Å². The second kappa shape index (κ2) is 6.42. The number of benzene rings is 1. The zero-order chi connectivity index (χ0) is 13.9. The van der Waals surface area contributed by atoms with Crippen molar-refractivity contribution >= 4 is 54.3 Å². The normalized spacial score (nSPS) is 11.1. The van der Waals surface area contributed by atoms with E-state index in [9.17, 15) is 0 Å². The molecule has 0 saturated heterocycles. The highest BCUT2D eigenvalue weighted by atomic mass is 35.7. The minimum absolute atomic E-state index is 0.502. The van der Waals surface area contributed by atoms with Crippen LogP contribution in [-0.4, -0.2) is 11.5 Å². The Labute approximate surface area is 121 Å². The number of methoxy groups -OCH3 is 1. The van der Waals surface area contributed by atoms with Crippen LogP contribution in [0.3, 0.4) is 0 Å². The van der Waals surface area contributed by atoms with Crippen molar-refractivity contribution in [1.82, 2.24) is 4.37 Å². The molecule has 11 heteroatoms. The summed E-state index contributed by atoms with van der Waals surface area (Å²) in [6.45, 7) is 0. The predicted octanol–water partition coefficient (Wildman–Crippen LogP) is -0.802. The summed E-state index contributed by atoms with van der Waals surface area (Å²) in [6, 6.07) is 1.68. The van der Waals surface area contributed by atoms with Crippen LogP contribution in [0.2, 0.25) is 10.0 Å². The van der Waals surface area contributed by atoms with Gasteiger partial charge in [0.2, 0.25) is 0 Å². The summed E-state index contributed by atoms with van der Waals surface area (Å²) in [7, 11) is -0.492. The van der Waals surface area contributed by atoms with Gasteiger partial charge in [-0.2, -0.15) is 0 Å². The average molecular weight is 353 g/mol. The highest BCUT2D eigenvalue weighted by Crippen LogP contribution is 2.40. The molecule has 18 heavy (non-hydrogen) atoms. The highest BCUT2D eigenvalue weighted by molar-refractivity contribution is 7.70. The van der Waals surface area contributed by atoms with Crippen molar-refractivity contribution in [2.24, 2.45) is 0 Å². The molecule has 1 aromatic heterocycles. The lowest BCUT2D eigenvalue weighted by atomic mass is 10.3. The van der Waals surface area contributed by atoms with Gasteiger partial charge in [0.1, 0.15) is 5.02 Å². The molecule has 0 atom stereocenters. The molecule has 0 bridgehead atoms. The van der Waals surface area contributed by atoms with Gasteiger partial charge in [-0.1, -0.05) is 23.2 Å². The van der Waals surface area contributed by atoms with Crippen molar-refractivity contribution in [1.29, 1.82) is 0 Å². The molecule has 0 aliphatic carbocycles. The minimum Gasteiger partial charge on any atom is -0.494 e. The molecular weight excluding hydrogens is 349 g/mol. The van der Waals surface area contributed by atoms with Gasteiger partial charge in [0.25, 0.3) is 15.2 Å². The molecule has 6 nitrogen and oxygen atoms in total. The van der Waals surface area contributed by atoms with Crippen molar-refractivity contribution in [3.8, 4) is 5.75 Å². The molecule has 0 aliphatic rings. The lowest BCUT2D eigenvalue weighted by Crippen LogP contribution is -2.68. The number of fused-ring (bicyclic) bond motifs is 1. The third-order valence-corrected chi connectivity index (χ3v) is 4.33. The fraction of sp³-hybridized carbons (Fsp3) is 0.143. The first kappa shape index (κ1) is 16.0. The van der Waals surface area contributed by atoms with Crippen LogP contribution in [0.1, 0.15) is 0 Å². The Morgan fingerprint density at radius 3 is 2.39 bits per heavy atom. The molecule has 0 unspecified atom stereocenters. The van der Waals surface area contributed by atoms with Gasteiger partial charge in [0.05, 0.1) is 12.1 Å². The Kier molecular flexibility index (Phi) is 5.71. The molecule has 1 aromatic carbocycles. The first-order valence-electron chi connectivity index (χ1n) is 3.96. The number of rotatable bonds is 1. The maximum absolute atomic E-state index is 8.49. The molecule has 0 amide bonds. The third-order valence-electron chi connectivity index (χ3n) is 1.58. The number of hydrogen-bond donors (Lipinski definition) is 0. The Morgan fingerprint density at radius 2 is 1.89 bits per heavy atom. The molecule has 2 rings (SSSR count). The van der Waals surface area contributed by atoms with E-state index in [0.717, 1.165) is 10.2 Å². The summed E-state index contributed by atoms with van der Waals surface area (Å²) < 4.78 is 44.2. The van der Waals surface area contributed by atoms with Crippen molar-refractivity contribution in [3.63, 3.8) is 0 Å². The van der Waals surface area contributed by atoms with Gasteiger partial charge in [0.15, 0.2) is 11.3 Å². The van der Waals surface area contributed by atoms with Crippen LogP contribution in [0.25, 0.3) is 10.2 Å². The highest BCUT2D eigenvalue weighted by Gasteiger charge is 2.21. The van der Waals surface area contributed by atoms with Crippen molar-refractivity contribution < 1.29 is 33.6 Å². The zero-order valence-corrected chi connectivity index (χ0v) is 12.4. The average Bonchev–Trinajstić information content (AvgIpc) is 2.70. The maximum Gasteiger partial charge on any atom is 0.325 e. The fourth-order valence-corrected chi connectivity index (χ4v) is 3.51. The number of ether oxygens (including phenoxy) is 1. The summed E-state index contributed by atoms with van der Waals surface area (Å²) in [5.74, 6) is 0.668. The molecule has 0 N–H and O–H groups in total. The Morgan fingerprint density at radius 1 is 1.33 bits per heavy atom. The maximum atomic E-state index is 8.49. The fourth-order valence-electron chi connectivity index (χ4n) is 0.982. The largest absolute Gasteiger partial charge is 0.494 e. The standard InChI is InChI=1S/C7H4Cl2NOS2.ClHO4/c1-11-4-2-3(8)5(9)7-6(4)10-13-12-7;2-1(3,4)5/h2H,1H3;(H,2,3,4,5)/q+1;/p-1. The van der Waals surface area contributed by atoms with Crippen LogP contribution >= 0.6 is 44.1 Å². The Balaban J connectivity index is 0.000000280. The third kappa shape index (κ3) is 4.57. The topological polar surface area (TPSA) is 114 Å². The van der Waals surface area contributed by atoms with Crippen LogP contribution < -0.4 is 23.4 Å². The first-order valence-corrected chi connectivity index (χ1v) is 8.06. The van der Waals surface area contributed by atoms with E-state index in [4.69, 9.17) is 46.6 Å². The molecule has 0 saturated carbocycles. The lowest BCUT2D eigenvalue weighted by Gasteiger charge is -2.17. The monoisotopic (exact) mass is 351 g/mol. The van der Waals surface area contributed by atoms with E-state index in [1.165, 1.54) is 20.9 Å². The van der Waals surface area contributed by atoms with E-state index in [2.05, 4.69) is 4.37 Å². The van der Waals surface area contributed by atoms with E-state index >= 15 is 0 Å². The smallest absolute Gasteiger partial charge is 0.325 e. The molecule has 1 heterocycles. The zero-order valence-electron chi connectivity index (χ0n) is 8.52. The van der Waals surface area contributed by atoms with E-state index < -0.39 is 10.2 Å². The predicted molar refractivity (Wildman–Crippen MR) is 58.5 cm³/mol. The van der Waals surface area contributed by atoms with Gasteiger partial charge in [-0.05, 0) is 0 Å².